The first-order valence-electron chi connectivity index (χ1n) is 8.24. The number of methoxy groups -OCH3 is 2. The highest BCUT2D eigenvalue weighted by Gasteiger charge is 2.13. The molecule has 7 heteroatoms. The van der Waals surface area contributed by atoms with E-state index in [2.05, 4.69) is 10.3 Å². The summed E-state index contributed by atoms with van der Waals surface area (Å²) in [5.74, 6) is 1.55. The van der Waals surface area contributed by atoms with Crippen LogP contribution in [0.1, 0.15) is 21.6 Å². The Kier molecular flexibility index (Phi) is 5.93. The van der Waals surface area contributed by atoms with Gasteiger partial charge in [-0.2, -0.15) is 0 Å². The number of nitrogens with zero attached hydrogens (tertiary/aromatic N) is 1. The van der Waals surface area contributed by atoms with Gasteiger partial charge in [0.25, 0.3) is 5.91 Å². The molecule has 0 aliphatic heterocycles. The van der Waals surface area contributed by atoms with Gasteiger partial charge in [-0.3, -0.25) is 4.79 Å². The van der Waals surface area contributed by atoms with Gasteiger partial charge in [0, 0.05) is 22.7 Å². The zero-order chi connectivity index (χ0) is 19.2. The summed E-state index contributed by atoms with van der Waals surface area (Å²) in [5.41, 5.74) is 4.65. The number of aromatic nitrogens is 1. The highest BCUT2D eigenvalue weighted by molar-refractivity contribution is 7.07. The number of hydrogen-bond acceptors (Lipinski definition) is 6. The first kappa shape index (κ1) is 18.7. The van der Waals surface area contributed by atoms with Crippen molar-refractivity contribution in [3.63, 3.8) is 0 Å². The van der Waals surface area contributed by atoms with Crippen LogP contribution in [0, 0.1) is 6.92 Å². The standard InChI is InChI=1S/C20H20N2O4S/c1-13-7-18(24-2)19(25-3)9-17(13)22-20(23)14-5-4-6-16(8-14)26-10-15-11-27-12-21-15/h4-9,11-12H,10H2,1-3H3,(H,22,23). The van der Waals surface area contributed by atoms with Gasteiger partial charge in [0.1, 0.15) is 12.4 Å². The smallest absolute Gasteiger partial charge is 0.255 e. The fourth-order valence-electron chi connectivity index (χ4n) is 2.50. The Morgan fingerprint density at radius 1 is 1.15 bits per heavy atom. The predicted octanol–water partition coefficient (Wildman–Crippen LogP) is 4.30. The summed E-state index contributed by atoms with van der Waals surface area (Å²) in [6.45, 7) is 2.26. The molecule has 1 amide bonds. The fraction of sp³-hybridized carbons (Fsp3) is 0.200. The zero-order valence-electron chi connectivity index (χ0n) is 15.3. The average Bonchev–Trinajstić information content (AvgIpc) is 3.21. The molecule has 6 nitrogen and oxygen atoms in total. The maximum atomic E-state index is 12.7. The van der Waals surface area contributed by atoms with E-state index in [0.717, 1.165) is 11.3 Å². The molecule has 0 spiro atoms. The van der Waals surface area contributed by atoms with Gasteiger partial charge in [-0.1, -0.05) is 6.07 Å². The summed E-state index contributed by atoms with van der Waals surface area (Å²) in [7, 11) is 3.13. The van der Waals surface area contributed by atoms with E-state index in [1.54, 1.807) is 44.0 Å². The molecular weight excluding hydrogens is 364 g/mol. The molecule has 1 heterocycles. The van der Waals surface area contributed by atoms with Crippen LogP contribution in [0.2, 0.25) is 0 Å². The highest BCUT2D eigenvalue weighted by atomic mass is 32.1. The van der Waals surface area contributed by atoms with E-state index in [-0.39, 0.29) is 5.91 Å². The summed E-state index contributed by atoms with van der Waals surface area (Å²) >= 11 is 1.52. The molecule has 140 valence electrons. The first-order chi connectivity index (χ1) is 13.1. The monoisotopic (exact) mass is 384 g/mol. The number of hydrogen-bond donors (Lipinski definition) is 1. The molecular formula is C20H20N2O4S. The lowest BCUT2D eigenvalue weighted by Crippen LogP contribution is -2.13. The fourth-order valence-corrected chi connectivity index (χ4v) is 3.05. The second-order valence-corrected chi connectivity index (χ2v) is 6.49. The number of carbonyl (C=O) groups is 1. The summed E-state index contributed by atoms with van der Waals surface area (Å²) in [6.07, 6.45) is 0. The largest absolute Gasteiger partial charge is 0.493 e. The van der Waals surface area contributed by atoms with Crippen LogP contribution in [0.15, 0.2) is 47.3 Å². The molecule has 27 heavy (non-hydrogen) atoms. The van der Waals surface area contributed by atoms with Crippen molar-refractivity contribution in [3.05, 3.63) is 64.1 Å². The molecule has 0 fully saturated rings. The van der Waals surface area contributed by atoms with E-state index < -0.39 is 0 Å². The van der Waals surface area contributed by atoms with Gasteiger partial charge >= 0.3 is 0 Å². The minimum absolute atomic E-state index is 0.232. The average molecular weight is 384 g/mol. The number of carbonyl (C=O) groups excluding carboxylic acids is 1. The Labute approximate surface area is 161 Å². The molecule has 0 atom stereocenters. The molecule has 1 aromatic heterocycles. The Bertz CT molecular complexity index is 926. The van der Waals surface area contributed by atoms with Crippen molar-refractivity contribution in [1.29, 1.82) is 0 Å². The van der Waals surface area contributed by atoms with Gasteiger partial charge in [-0.05, 0) is 36.8 Å². The molecule has 3 aromatic rings. The van der Waals surface area contributed by atoms with Gasteiger partial charge in [-0.25, -0.2) is 4.98 Å². The van der Waals surface area contributed by atoms with Gasteiger partial charge < -0.3 is 19.5 Å². The van der Waals surface area contributed by atoms with Crippen molar-refractivity contribution < 1.29 is 19.0 Å². The van der Waals surface area contributed by atoms with Crippen LogP contribution in [0.5, 0.6) is 17.2 Å². The first-order valence-corrected chi connectivity index (χ1v) is 9.19. The Balaban J connectivity index is 1.73. The van der Waals surface area contributed by atoms with E-state index in [1.807, 2.05) is 24.4 Å². The van der Waals surface area contributed by atoms with Crippen LogP contribution in [0.25, 0.3) is 0 Å². The van der Waals surface area contributed by atoms with E-state index in [0.29, 0.717) is 35.1 Å². The summed E-state index contributed by atoms with van der Waals surface area (Å²) in [5, 5.41) is 4.84. The number of rotatable bonds is 7. The predicted molar refractivity (Wildman–Crippen MR) is 105 cm³/mol. The maximum absolute atomic E-state index is 12.7. The van der Waals surface area contributed by atoms with Crippen molar-refractivity contribution in [3.8, 4) is 17.2 Å². The second-order valence-electron chi connectivity index (χ2n) is 5.77. The normalized spacial score (nSPS) is 10.3. The number of aryl methyl sites for hydroxylation is 1. The van der Waals surface area contributed by atoms with E-state index >= 15 is 0 Å². The molecule has 0 radical (unpaired) electrons. The third-order valence-corrected chi connectivity index (χ3v) is 4.58. The lowest BCUT2D eigenvalue weighted by atomic mass is 10.1. The molecule has 1 N–H and O–H groups in total. The zero-order valence-corrected chi connectivity index (χ0v) is 16.1. The number of anilines is 1. The second kappa shape index (κ2) is 8.55. The number of nitrogens with one attached hydrogen (secondary N) is 1. The minimum Gasteiger partial charge on any atom is -0.493 e. The highest BCUT2D eigenvalue weighted by Crippen LogP contribution is 2.33. The third kappa shape index (κ3) is 4.57. The summed E-state index contributed by atoms with van der Waals surface area (Å²) in [6, 6.07) is 10.6. The SMILES string of the molecule is COc1cc(C)c(NC(=O)c2cccc(OCc3cscn3)c2)cc1OC. The lowest BCUT2D eigenvalue weighted by Gasteiger charge is -2.14. The maximum Gasteiger partial charge on any atom is 0.255 e. The van der Waals surface area contributed by atoms with Gasteiger partial charge in [0.15, 0.2) is 11.5 Å². The number of ether oxygens (including phenoxy) is 3. The summed E-state index contributed by atoms with van der Waals surface area (Å²) in [4.78, 5) is 16.8. The van der Waals surface area contributed by atoms with E-state index in [1.165, 1.54) is 11.3 Å². The Hall–Kier alpha value is -3.06. The molecule has 0 saturated carbocycles. The Morgan fingerprint density at radius 3 is 2.63 bits per heavy atom. The Morgan fingerprint density at radius 2 is 1.93 bits per heavy atom. The molecule has 0 aliphatic rings. The van der Waals surface area contributed by atoms with Crippen LogP contribution in [0.4, 0.5) is 5.69 Å². The van der Waals surface area contributed by atoms with Crippen LogP contribution >= 0.6 is 11.3 Å². The minimum atomic E-state index is -0.232. The summed E-state index contributed by atoms with van der Waals surface area (Å²) < 4.78 is 16.3. The van der Waals surface area contributed by atoms with Crippen molar-refractivity contribution >= 4 is 22.9 Å². The van der Waals surface area contributed by atoms with E-state index in [9.17, 15) is 4.79 Å². The van der Waals surface area contributed by atoms with Crippen LogP contribution < -0.4 is 19.5 Å². The molecule has 2 aromatic carbocycles. The molecule has 0 bridgehead atoms. The van der Waals surface area contributed by atoms with Crippen LogP contribution in [0.3, 0.4) is 0 Å². The number of amides is 1. The molecule has 0 saturated heterocycles. The van der Waals surface area contributed by atoms with Gasteiger partial charge in [0.2, 0.25) is 0 Å². The van der Waals surface area contributed by atoms with E-state index in [4.69, 9.17) is 14.2 Å². The number of thiazole rings is 1. The van der Waals surface area contributed by atoms with Crippen molar-refractivity contribution in [2.24, 2.45) is 0 Å². The quantitative estimate of drug-likeness (QED) is 0.658. The van der Waals surface area contributed by atoms with Crippen LogP contribution in [-0.4, -0.2) is 25.1 Å². The van der Waals surface area contributed by atoms with Crippen LogP contribution in [-0.2, 0) is 6.61 Å². The third-order valence-electron chi connectivity index (χ3n) is 3.95. The molecule has 0 unspecified atom stereocenters. The topological polar surface area (TPSA) is 69.7 Å². The lowest BCUT2D eigenvalue weighted by molar-refractivity contribution is 0.102. The van der Waals surface area contributed by atoms with Crippen molar-refractivity contribution in [2.45, 2.75) is 13.5 Å². The van der Waals surface area contributed by atoms with Gasteiger partial charge in [0.05, 0.1) is 25.4 Å². The van der Waals surface area contributed by atoms with Crippen molar-refractivity contribution in [1.82, 2.24) is 4.98 Å². The van der Waals surface area contributed by atoms with Crippen molar-refractivity contribution in [2.75, 3.05) is 19.5 Å². The number of benzene rings is 2. The molecule has 0 aliphatic carbocycles. The van der Waals surface area contributed by atoms with Gasteiger partial charge in [-0.15, -0.1) is 11.3 Å². The molecule has 3 rings (SSSR count).